The third kappa shape index (κ3) is 7.33. The van der Waals surface area contributed by atoms with E-state index < -0.39 is 28.5 Å². The van der Waals surface area contributed by atoms with Gasteiger partial charge >= 0.3 is 0 Å². The third-order valence-corrected chi connectivity index (χ3v) is 7.92. The molecule has 0 saturated heterocycles. The monoisotopic (exact) mass is 541 g/mol. The van der Waals surface area contributed by atoms with E-state index in [0.29, 0.717) is 17.3 Å². The highest BCUT2D eigenvalue weighted by molar-refractivity contribution is 7.92. The van der Waals surface area contributed by atoms with Crippen molar-refractivity contribution in [3.63, 3.8) is 0 Å². The van der Waals surface area contributed by atoms with Crippen LogP contribution in [-0.4, -0.2) is 44.3 Å². The van der Waals surface area contributed by atoms with Crippen molar-refractivity contribution in [2.24, 2.45) is 0 Å². The van der Waals surface area contributed by atoms with Crippen LogP contribution in [0.2, 0.25) is 5.02 Å². The summed E-state index contributed by atoms with van der Waals surface area (Å²) in [7, 11) is -4.12. The van der Waals surface area contributed by atoms with E-state index in [9.17, 15) is 18.0 Å². The Bertz CT molecular complexity index is 1310. The second kappa shape index (κ2) is 12.7. The van der Waals surface area contributed by atoms with Crippen LogP contribution in [0.5, 0.6) is 0 Å². The number of hydrogen-bond acceptors (Lipinski definition) is 4. The van der Waals surface area contributed by atoms with Crippen LogP contribution in [-0.2, 0) is 26.2 Å². The molecule has 2 amide bonds. The number of rotatable bonds is 11. The molecule has 1 atom stereocenters. The van der Waals surface area contributed by atoms with Gasteiger partial charge in [-0.1, -0.05) is 61.0 Å². The summed E-state index contributed by atoms with van der Waals surface area (Å²) < 4.78 is 28.6. The van der Waals surface area contributed by atoms with E-state index >= 15 is 0 Å². The number of benzene rings is 3. The third-order valence-electron chi connectivity index (χ3n) is 5.88. The van der Waals surface area contributed by atoms with Crippen molar-refractivity contribution < 1.29 is 18.0 Å². The first-order valence-corrected chi connectivity index (χ1v) is 13.9. The van der Waals surface area contributed by atoms with Crippen LogP contribution in [0, 0.1) is 6.92 Å². The number of amides is 2. The van der Waals surface area contributed by atoms with E-state index in [4.69, 9.17) is 11.6 Å². The molecule has 1 N–H and O–H groups in total. The number of sulfonamides is 1. The van der Waals surface area contributed by atoms with Gasteiger partial charge in [-0.25, -0.2) is 8.42 Å². The fourth-order valence-corrected chi connectivity index (χ4v) is 5.34. The zero-order valence-electron chi connectivity index (χ0n) is 21.2. The van der Waals surface area contributed by atoms with Gasteiger partial charge in [-0.15, -0.1) is 0 Å². The van der Waals surface area contributed by atoms with Crippen molar-refractivity contribution in [3.05, 3.63) is 95.0 Å². The summed E-state index contributed by atoms with van der Waals surface area (Å²) in [6.45, 7) is 5.60. The Morgan fingerprint density at radius 2 is 1.65 bits per heavy atom. The number of halogens is 1. The zero-order valence-corrected chi connectivity index (χ0v) is 22.8. The molecule has 0 aliphatic heterocycles. The zero-order chi connectivity index (χ0) is 27.0. The molecule has 0 aliphatic rings. The Hall–Kier alpha value is -3.36. The summed E-state index contributed by atoms with van der Waals surface area (Å²) in [5, 5.41) is 3.23. The van der Waals surface area contributed by atoms with Gasteiger partial charge in [0.25, 0.3) is 10.0 Å². The van der Waals surface area contributed by atoms with Gasteiger partial charge in [-0.05, 0) is 67.8 Å². The molecule has 0 spiro atoms. The number of nitrogens with one attached hydrogen (secondary N) is 1. The molecule has 0 aliphatic carbocycles. The van der Waals surface area contributed by atoms with Gasteiger partial charge in [0.2, 0.25) is 11.8 Å². The number of hydrogen-bond donors (Lipinski definition) is 1. The molecule has 0 bridgehead atoms. The summed E-state index contributed by atoms with van der Waals surface area (Å²) in [4.78, 5) is 28.1. The lowest BCUT2D eigenvalue weighted by Crippen LogP contribution is -2.51. The molecule has 3 aromatic carbocycles. The largest absolute Gasteiger partial charge is 0.354 e. The summed E-state index contributed by atoms with van der Waals surface area (Å²) in [6, 6.07) is 21.2. The average molecular weight is 542 g/mol. The minimum atomic E-state index is -4.12. The quantitative estimate of drug-likeness (QED) is 0.378. The fraction of sp³-hybridized carbons (Fsp3) is 0.286. The molecule has 7 nitrogen and oxygen atoms in total. The van der Waals surface area contributed by atoms with Gasteiger partial charge in [0.1, 0.15) is 12.6 Å². The molecule has 196 valence electrons. The number of carbonyl (C=O) groups is 2. The van der Waals surface area contributed by atoms with Crippen LogP contribution in [0.25, 0.3) is 0 Å². The van der Waals surface area contributed by atoms with Crippen molar-refractivity contribution >= 4 is 39.1 Å². The van der Waals surface area contributed by atoms with Crippen LogP contribution < -0.4 is 9.62 Å². The molecule has 0 saturated carbocycles. The summed E-state index contributed by atoms with van der Waals surface area (Å²) >= 11 is 5.98. The number of carbonyl (C=O) groups excluding carboxylic acids is 2. The van der Waals surface area contributed by atoms with Crippen molar-refractivity contribution in [2.45, 2.75) is 44.7 Å². The molecule has 9 heteroatoms. The Labute approximate surface area is 224 Å². The first kappa shape index (κ1) is 28.2. The van der Waals surface area contributed by atoms with Gasteiger partial charge in [-0.3, -0.25) is 13.9 Å². The highest BCUT2D eigenvalue weighted by atomic mass is 35.5. The van der Waals surface area contributed by atoms with E-state index in [1.165, 1.54) is 29.2 Å². The lowest BCUT2D eigenvalue weighted by atomic mass is 10.1. The van der Waals surface area contributed by atoms with E-state index in [1.807, 2.05) is 50.2 Å². The predicted octanol–water partition coefficient (Wildman–Crippen LogP) is 4.79. The molecule has 3 aromatic rings. The van der Waals surface area contributed by atoms with Gasteiger partial charge in [-0.2, -0.15) is 0 Å². The van der Waals surface area contributed by atoms with Crippen molar-refractivity contribution in [3.8, 4) is 0 Å². The van der Waals surface area contributed by atoms with Gasteiger partial charge < -0.3 is 10.2 Å². The average Bonchev–Trinajstić information content (AvgIpc) is 2.89. The maximum Gasteiger partial charge on any atom is 0.264 e. The molecule has 0 fully saturated rings. The predicted molar refractivity (Wildman–Crippen MR) is 147 cm³/mol. The topological polar surface area (TPSA) is 86.8 Å². The van der Waals surface area contributed by atoms with E-state index in [-0.39, 0.29) is 17.3 Å². The minimum Gasteiger partial charge on any atom is -0.354 e. The van der Waals surface area contributed by atoms with E-state index in [0.717, 1.165) is 21.9 Å². The molecule has 0 radical (unpaired) electrons. The molecular formula is C28H32ClN3O4S. The second-order valence-corrected chi connectivity index (χ2v) is 11.1. The molecule has 0 unspecified atom stereocenters. The minimum absolute atomic E-state index is 0.00885. The fourth-order valence-electron chi connectivity index (χ4n) is 3.80. The van der Waals surface area contributed by atoms with E-state index in [1.54, 1.807) is 25.1 Å². The molecular weight excluding hydrogens is 510 g/mol. The van der Waals surface area contributed by atoms with E-state index in [2.05, 4.69) is 5.32 Å². The van der Waals surface area contributed by atoms with Crippen LogP contribution in [0.3, 0.4) is 0 Å². The van der Waals surface area contributed by atoms with Crippen LogP contribution in [0.4, 0.5) is 5.69 Å². The van der Waals surface area contributed by atoms with Gasteiger partial charge in [0, 0.05) is 18.1 Å². The Morgan fingerprint density at radius 3 is 2.27 bits per heavy atom. The first-order valence-electron chi connectivity index (χ1n) is 12.1. The Morgan fingerprint density at radius 1 is 0.973 bits per heavy atom. The lowest BCUT2D eigenvalue weighted by Gasteiger charge is -2.32. The van der Waals surface area contributed by atoms with Crippen LogP contribution in [0.1, 0.15) is 31.4 Å². The Kier molecular flexibility index (Phi) is 9.72. The van der Waals surface area contributed by atoms with Gasteiger partial charge in [0.05, 0.1) is 10.6 Å². The summed E-state index contributed by atoms with van der Waals surface area (Å²) in [6.07, 6.45) is 0.756. The molecule has 0 heterocycles. The van der Waals surface area contributed by atoms with Crippen molar-refractivity contribution in [1.29, 1.82) is 0 Å². The maximum absolute atomic E-state index is 13.8. The normalized spacial score (nSPS) is 12.0. The van der Waals surface area contributed by atoms with Gasteiger partial charge in [0.15, 0.2) is 0 Å². The van der Waals surface area contributed by atoms with Crippen molar-refractivity contribution in [1.82, 2.24) is 10.2 Å². The first-order chi connectivity index (χ1) is 17.6. The highest BCUT2D eigenvalue weighted by Gasteiger charge is 2.32. The second-order valence-electron chi connectivity index (χ2n) is 8.78. The number of aryl methyl sites for hydroxylation is 1. The highest BCUT2D eigenvalue weighted by Crippen LogP contribution is 2.26. The van der Waals surface area contributed by atoms with Crippen LogP contribution in [0.15, 0.2) is 83.8 Å². The van der Waals surface area contributed by atoms with Crippen LogP contribution >= 0.6 is 11.6 Å². The Balaban J connectivity index is 2.00. The smallest absolute Gasteiger partial charge is 0.264 e. The maximum atomic E-state index is 13.8. The summed E-state index contributed by atoms with van der Waals surface area (Å²) in [5.41, 5.74) is 2.02. The standard InChI is InChI=1S/C28H32ClN3O4S/c1-4-17-30-28(34)22(3)31(19-23-10-6-5-7-11-23)27(33)20-32(25-12-8-9-21(2)18-25)37(35,36)26-15-13-24(29)14-16-26/h5-16,18,22H,4,17,19-20H2,1-3H3,(H,30,34)/t22-/m1/s1. The number of nitrogens with zero attached hydrogens (tertiary/aromatic N) is 2. The molecule has 0 aromatic heterocycles. The molecule has 3 rings (SSSR count). The summed E-state index contributed by atoms with van der Waals surface area (Å²) in [5.74, 6) is -0.796. The lowest BCUT2D eigenvalue weighted by molar-refractivity contribution is -0.139. The SMILES string of the molecule is CCCNC(=O)[C@@H](C)N(Cc1ccccc1)C(=O)CN(c1cccc(C)c1)S(=O)(=O)c1ccc(Cl)cc1. The number of anilines is 1. The molecule has 37 heavy (non-hydrogen) atoms. The van der Waals surface area contributed by atoms with Crippen molar-refractivity contribution in [2.75, 3.05) is 17.4 Å².